The fourth-order valence-corrected chi connectivity index (χ4v) is 11.2. The van der Waals surface area contributed by atoms with E-state index in [2.05, 4.69) is 0 Å². The van der Waals surface area contributed by atoms with Gasteiger partial charge in [0, 0.05) is 58.5 Å². The third-order valence-corrected chi connectivity index (χ3v) is 15.4. The number of Topliss-reactive ketones (excluding diaryl/α,β-unsaturated/α-hetero) is 3. The maximum absolute atomic E-state index is 14.4. The number of ether oxygens (including phenoxy) is 6. The Bertz CT molecular complexity index is 1840. The van der Waals surface area contributed by atoms with Crippen molar-refractivity contribution in [3.05, 3.63) is 47.6 Å². The monoisotopic (exact) mass is 942 g/mol. The van der Waals surface area contributed by atoms with E-state index in [9.17, 15) is 39.3 Å². The predicted molar refractivity (Wildman–Crippen MR) is 249 cm³/mol. The second kappa shape index (κ2) is 24.9. The smallest absolute Gasteiger partial charge is 0.329 e. The lowest BCUT2D eigenvalue weighted by Crippen LogP contribution is -2.61. The quantitative estimate of drug-likeness (QED) is 0.158. The van der Waals surface area contributed by atoms with E-state index in [1.165, 1.54) is 12.0 Å². The number of carbonyl (C=O) groups is 5. The summed E-state index contributed by atoms with van der Waals surface area (Å²) in [7, 11) is 4.60. The molecule has 0 aromatic heterocycles. The van der Waals surface area contributed by atoms with Gasteiger partial charge in [0.15, 0.2) is 5.78 Å². The summed E-state index contributed by atoms with van der Waals surface area (Å²) in [6, 6.07) is -1.13. The zero-order valence-corrected chi connectivity index (χ0v) is 41.3. The van der Waals surface area contributed by atoms with Gasteiger partial charge in [0.2, 0.25) is 5.79 Å². The zero-order valence-electron chi connectivity index (χ0n) is 41.3. The molecule has 1 amide bonds. The fourth-order valence-electron chi connectivity index (χ4n) is 11.2. The minimum atomic E-state index is -2.43. The van der Waals surface area contributed by atoms with E-state index >= 15 is 0 Å². The molecule has 1 saturated carbocycles. The molecule has 4 heterocycles. The van der Waals surface area contributed by atoms with Crippen LogP contribution < -0.4 is 0 Å². The summed E-state index contributed by atoms with van der Waals surface area (Å²) in [5.41, 5.74) is 1.28. The summed E-state index contributed by atoms with van der Waals surface area (Å²) < 4.78 is 35.7. The van der Waals surface area contributed by atoms with Gasteiger partial charge in [-0.2, -0.15) is 0 Å². The third-order valence-electron chi connectivity index (χ3n) is 15.4. The summed E-state index contributed by atoms with van der Waals surface area (Å²) in [5, 5.41) is 32.9. The number of rotatable bonds is 8. The highest BCUT2D eigenvalue weighted by Crippen LogP contribution is 2.44. The molecule has 5 rings (SSSR count). The van der Waals surface area contributed by atoms with Crippen LogP contribution in [0.4, 0.5) is 0 Å². The van der Waals surface area contributed by atoms with Crippen LogP contribution in [0.5, 0.6) is 0 Å². The van der Waals surface area contributed by atoms with Crippen LogP contribution in [-0.2, 0) is 52.4 Å². The molecule has 5 bridgehead atoms. The first-order chi connectivity index (χ1) is 31.9. The zero-order chi connectivity index (χ0) is 49.2. The molecule has 0 spiro atoms. The molecule has 67 heavy (non-hydrogen) atoms. The molecule has 376 valence electrons. The minimum Gasteiger partial charge on any atom is -0.460 e. The van der Waals surface area contributed by atoms with Crippen molar-refractivity contribution in [2.75, 3.05) is 41.1 Å². The fraction of sp³-hybridized carbons (Fsp3) is 0.750. The highest BCUT2D eigenvalue weighted by molar-refractivity contribution is 6.39. The minimum absolute atomic E-state index is 0.0195. The Labute approximate surface area is 397 Å². The highest BCUT2D eigenvalue weighted by atomic mass is 16.6. The Morgan fingerprint density at radius 1 is 0.836 bits per heavy atom. The first kappa shape index (κ1) is 54.5. The average molecular weight is 942 g/mol. The van der Waals surface area contributed by atoms with Gasteiger partial charge in [-0.1, -0.05) is 64.2 Å². The van der Waals surface area contributed by atoms with Gasteiger partial charge in [-0.15, -0.1) is 0 Å². The van der Waals surface area contributed by atoms with Gasteiger partial charge in [0.25, 0.3) is 11.7 Å². The van der Waals surface area contributed by atoms with Crippen LogP contribution in [0.25, 0.3) is 0 Å². The van der Waals surface area contributed by atoms with Crippen LogP contribution in [-0.4, -0.2) is 145 Å². The molecule has 3 saturated heterocycles. The number of methoxy groups -OCH3 is 3. The SMILES string of the molecule is CO[C@H]1C[C@@H]2CC[C@@H](C)[C@@](O)(O2)C(=O)C(=O)N2CC[C@H]3C[C@H]2C(=O)O[C@@H](CC(=O)[C@H](C)/C=C(\C)[C@@H](O)[C@@H](OC)C(=O)[C@H](C)C[C@H](C)/C=C/C=C/C=C1C)C3C[C@@H]1CC[C@@H](OCCO)[C@H](OC)C1. The number of aliphatic hydroxyl groups is 3. The lowest BCUT2D eigenvalue weighted by Gasteiger charge is -2.43. The molecular formula is C52H79NO14. The van der Waals surface area contributed by atoms with Crippen molar-refractivity contribution in [2.45, 2.75) is 167 Å². The highest BCUT2D eigenvalue weighted by Gasteiger charge is 2.55. The Kier molecular flexibility index (Phi) is 20.3. The molecule has 16 atom stereocenters. The first-order valence-corrected chi connectivity index (χ1v) is 24.6. The van der Waals surface area contributed by atoms with E-state index in [1.54, 1.807) is 41.1 Å². The van der Waals surface area contributed by atoms with Crippen LogP contribution in [0.3, 0.4) is 0 Å². The van der Waals surface area contributed by atoms with Crippen LogP contribution in [0, 0.1) is 41.4 Å². The number of esters is 1. The van der Waals surface area contributed by atoms with Crippen molar-refractivity contribution in [1.82, 2.24) is 4.90 Å². The number of piperidine rings is 1. The van der Waals surface area contributed by atoms with Gasteiger partial charge in [-0.05, 0) is 106 Å². The van der Waals surface area contributed by atoms with Crippen LogP contribution in [0.1, 0.15) is 112 Å². The molecule has 0 aromatic rings. The second-order valence-corrected chi connectivity index (χ2v) is 20.1. The summed E-state index contributed by atoms with van der Waals surface area (Å²) in [6.45, 7) is 11.0. The standard InChI is InChI=1S/C52H79NO14/c1-30-13-11-10-12-14-31(2)43(62-7)28-38-17-15-35(6)52(61,67-38)49(58)50(59)53-20-19-37-27-40(53)51(60)66-44(39(37)25-36-16-18-42(65-22-21-54)45(26-36)63-8)29-41(55)32(3)24-34(5)47(57)48(64-9)46(56)33(4)23-30/h10-14,24,30,32-33,35-40,42-45,47-48,54,57,61H,15-23,25-29H2,1-9H3/b12-10+,13-11+,31-14?,34-24+/t30-,32-,33-,35-,36+,37+,38+,39?,40+,42-,43+,44+,45-,47-,48+,52-/m1/s1. The number of nitrogens with zero attached hydrogens (tertiary/aromatic N) is 1. The largest absolute Gasteiger partial charge is 0.460 e. The predicted octanol–water partition coefficient (Wildman–Crippen LogP) is 5.42. The Morgan fingerprint density at radius 3 is 2.27 bits per heavy atom. The summed E-state index contributed by atoms with van der Waals surface area (Å²) >= 11 is 0. The Hall–Kier alpha value is -3.41. The first-order valence-electron chi connectivity index (χ1n) is 24.6. The van der Waals surface area contributed by atoms with Gasteiger partial charge in [0.1, 0.15) is 30.1 Å². The van der Waals surface area contributed by atoms with Crippen molar-refractivity contribution >= 4 is 29.2 Å². The van der Waals surface area contributed by atoms with Crippen LogP contribution >= 0.6 is 0 Å². The van der Waals surface area contributed by atoms with Gasteiger partial charge < -0.3 is 48.6 Å². The molecule has 15 heteroatoms. The molecule has 0 radical (unpaired) electrons. The molecule has 1 aliphatic carbocycles. The maximum atomic E-state index is 14.4. The molecular weight excluding hydrogens is 863 g/mol. The topological polar surface area (TPSA) is 205 Å². The van der Waals surface area contributed by atoms with E-state index in [4.69, 9.17) is 28.4 Å². The number of amides is 1. The third kappa shape index (κ3) is 13.5. The number of hydrogen-bond acceptors (Lipinski definition) is 14. The lowest BCUT2D eigenvalue weighted by molar-refractivity contribution is -0.265. The normalized spacial score (nSPS) is 41.0. The van der Waals surface area contributed by atoms with Gasteiger partial charge >= 0.3 is 5.97 Å². The van der Waals surface area contributed by atoms with Crippen molar-refractivity contribution < 1.29 is 67.7 Å². The summed E-state index contributed by atoms with van der Waals surface area (Å²) in [6.07, 6.45) is 11.5. The molecule has 1 unspecified atom stereocenters. The van der Waals surface area contributed by atoms with Crippen LogP contribution in [0.2, 0.25) is 0 Å². The number of allylic oxidation sites excluding steroid dienone is 6. The Morgan fingerprint density at radius 2 is 1.58 bits per heavy atom. The second-order valence-electron chi connectivity index (χ2n) is 20.1. The van der Waals surface area contributed by atoms with Gasteiger partial charge in [-0.25, -0.2) is 4.79 Å². The van der Waals surface area contributed by atoms with E-state index < -0.39 is 77.8 Å². The van der Waals surface area contributed by atoms with Crippen molar-refractivity contribution in [3.8, 4) is 0 Å². The van der Waals surface area contributed by atoms with Crippen molar-refractivity contribution in [3.63, 3.8) is 0 Å². The van der Waals surface area contributed by atoms with Crippen molar-refractivity contribution in [2.24, 2.45) is 41.4 Å². The van der Waals surface area contributed by atoms with E-state index in [0.717, 1.165) is 12.0 Å². The summed E-state index contributed by atoms with van der Waals surface area (Å²) in [5.74, 6) is -7.96. The van der Waals surface area contributed by atoms with Crippen molar-refractivity contribution in [1.29, 1.82) is 0 Å². The number of aliphatic hydroxyl groups excluding tert-OH is 2. The molecule has 4 fully saturated rings. The number of fused-ring (bicyclic) bond motifs is 5. The van der Waals surface area contributed by atoms with Gasteiger partial charge in [0.05, 0.1) is 37.6 Å². The number of ketones is 3. The molecule has 0 aromatic carbocycles. The number of hydrogen-bond donors (Lipinski definition) is 3. The molecule has 15 nitrogen and oxygen atoms in total. The molecule has 5 aliphatic rings. The number of carbonyl (C=O) groups excluding carboxylic acids is 5. The lowest BCUT2D eigenvalue weighted by atomic mass is 9.71. The molecule has 4 aliphatic heterocycles. The molecule has 3 N–H and O–H groups in total. The Balaban J connectivity index is 1.49. The maximum Gasteiger partial charge on any atom is 0.329 e. The average Bonchev–Trinajstić information content (AvgIpc) is 3.40. The van der Waals surface area contributed by atoms with E-state index in [0.29, 0.717) is 56.9 Å². The van der Waals surface area contributed by atoms with Gasteiger partial charge in [-0.3, -0.25) is 19.2 Å². The summed E-state index contributed by atoms with van der Waals surface area (Å²) in [4.78, 5) is 72.2. The van der Waals surface area contributed by atoms with E-state index in [-0.39, 0.29) is 80.0 Å². The van der Waals surface area contributed by atoms with E-state index in [1.807, 2.05) is 51.2 Å². The van der Waals surface area contributed by atoms with Crippen LogP contribution in [0.15, 0.2) is 47.6 Å².